The van der Waals surface area contributed by atoms with Gasteiger partial charge in [-0.15, -0.1) is 5.10 Å². The van der Waals surface area contributed by atoms with Crippen LogP contribution in [0.2, 0.25) is 0 Å². The number of unbranched alkanes of at least 4 members (excludes halogenated alkanes) is 1. The molecule has 1 aliphatic rings. The minimum atomic E-state index is 0.557. The molecule has 5 nitrogen and oxygen atoms in total. The van der Waals surface area contributed by atoms with E-state index in [-0.39, 0.29) is 0 Å². The highest BCUT2D eigenvalue weighted by atomic mass is 32.1. The normalized spacial score (nSPS) is 19.6. The van der Waals surface area contributed by atoms with Crippen molar-refractivity contribution in [2.45, 2.75) is 58.5 Å². The highest BCUT2D eigenvalue weighted by molar-refractivity contribution is 7.05. The van der Waals surface area contributed by atoms with Crippen molar-refractivity contribution in [3.63, 3.8) is 0 Å². The number of rotatable bonds is 6. The average molecular weight is 319 g/mol. The molecule has 6 heteroatoms. The van der Waals surface area contributed by atoms with Crippen LogP contribution in [0.3, 0.4) is 0 Å². The molecule has 1 saturated heterocycles. The van der Waals surface area contributed by atoms with E-state index in [1.54, 1.807) is 0 Å². The molecule has 0 radical (unpaired) electrons. The summed E-state index contributed by atoms with van der Waals surface area (Å²) < 4.78 is 6.41. The molecule has 1 fully saturated rings. The SMILES string of the molecule is CCCCn1ccnc1[C@@H]1CCCN(Cc2snnc2C)C1. The summed E-state index contributed by atoms with van der Waals surface area (Å²) in [6.07, 6.45) is 9.05. The molecule has 2 aromatic rings. The van der Waals surface area contributed by atoms with Crippen molar-refractivity contribution in [2.24, 2.45) is 0 Å². The van der Waals surface area contributed by atoms with Gasteiger partial charge in [0.05, 0.1) is 10.6 Å². The monoisotopic (exact) mass is 319 g/mol. The summed E-state index contributed by atoms with van der Waals surface area (Å²) in [4.78, 5) is 8.49. The third-order valence-electron chi connectivity index (χ3n) is 4.48. The van der Waals surface area contributed by atoms with E-state index in [0.717, 1.165) is 25.3 Å². The maximum Gasteiger partial charge on any atom is 0.113 e. The predicted molar refractivity (Wildman–Crippen MR) is 89.0 cm³/mol. The molecule has 0 saturated carbocycles. The van der Waals surface area contributed by atoms with Crippen molar-refractivity contribution in [3.05, 3.63) is 28.8 Å². The van der Waals surface area contributed by atoms with E-state index in [2.05, 4.69) is 44.1 Å². The maximum absolute atomic E-state index is 4.66. The van der Waals surface area contributed by atoms with Gasteiger partial charge in [-0.2, -0.15) is 0 Å². The molecule has 3 heterocycles. The van der Waals surface area contributed by atoms with E-state index < -0.39 is 0 Å². The molecule has 0 spiro atoms. The third-order valence-corrected chi connectivity index (χ3v) is 5.29. The molecular weight excluding hydrogens is 294 g/mol. The Kier molecular flexibility index (Phi) is 5.20. The molecule has 0 aliphatic carbocycles. The second-order valence-electron chi connectivity index (χ2n) is 6.19. The first-order valence-corrected chi connectivity index (χ1v) is 9.06. The summed E-state index contributed by atoms with van der Waals surface area (Å²) in [7, 11) is 0. The molecule has 22 heavy (non-hydrogen) atoms. The molecule has 0 aromatic carbocycles. The Labute approximate surface area is 136 Å². The first-order valence-electron chi connectivity index (χ1n) is 8.29. The van der Waals surface area contributed by atoms with Crippen LogP contribution in [-0.4, -0.2) is 37.1 Å². The van der Waals surface area contributed by atoms with E-state index >= 15 is 0 Å². The second-order valence-corrected chi connectivity index (χ2v) is 7.03. The number of nitrogens with zero attached hydrogens (tertiary/aromatic N) is 5. The van der Waals surface area contributed by atoms with Crippen LogP contribution >= 0.6 is 11.5 Å². The Balaban J connectivity index is 1.65. The standard InChI is InChI=1S/C16H25N5S/c1-3-4-9-21-10-7-17-16(21)14-6-5-8-20(11-14)12-15-13(2)18-19-22-15/h7,10,14H,3-6,8-9,11-12H2,1-2H3/t14-/m1/s1. The Morgan fingerprint density at radius 1 is 1.41 bits per heavy atom. The van der Waals surface area contributed by atoms with Crippen molar-refractivity contribution in [3.8, 4) is 0 Å². The maximum atomic E-state index is 4.66. The highest BCUT2D eigenvalue weighted by Crippen LogP contribution is 2.27. The van der Waals surface area contributed by atoms with Crippen LogP contribution in [0.15, 0.2) is 12.4 Å². The van der Waals surface area contributed by atoms with Gasteiger partial charge in [0.25, 0.3) is 0 Å². The molecule has 0 unspecified atom stereocenters. The van der Waals surface area contributed by atoms with Crippen molar-refractivity contribution >= 4 is 11.5 Å². The Hall–Kier alpha value is -1.27. The fraction of sp³-hybridized carbons (Fsp3) is 0.688. The van der Waals surface area contributed by atoms with Crippen molar-refractivity contribution < 1.29 is 0 Å². The van der Waals surface area contributed by atoms with Crippen molar-refractivity contribution in [2.75, 3.05) is 13.1 Å². The summed E-state index contributed by atoms with van der Waals surface area (Å²) in [6, 6.07) is 0. The molecule has 120 valence electrons. The zero-order chi connectivity index (χ0) is 15.4. The number of likely N-dealkylation sites (tertiary alicyclic amines) is 1. The van der Waals surface area contributed by atoms with Gasteiger partial charge < -0.3 is 4.57 Å². The zero-order valence-corrected chi connectivity index (χ0v) is 14.3. The van der Waals surface area contributed by atoms with Crippen molar-refractivity contribution in [1.82, 2.24) is 24.0 Å². The van der Waals surface area contributed by atoms with Crippen LogP contribution < -0.4 is 0 Å². The number of imidazole rings is 1. The van der Waals surface area contributed by atoms with Crippen LogP contribution in [-0.2, 0) is 13.1 Å². The number of hydrogen-bond acceptors (Lipinski definition) is 5. The second kappa shape index (κ2) is 7.33. The lowest BCUT2D eigenvalue weighted by Gasteiger charge is -2.32. The quantitative estimate of drug-likeness (QED) is 0.820. The number of hydrogen-bond donors (Lipinski definition) is 0. The van der Waals surface area contributed by atoms with E-state index in [9.17, 15) is 0 Å². The lowest BCUT2D eigenvalue weighted by Crippen LogP contribution is -2.34. The Morgan fingerprint density at radius 3 is 3.09 bits per heavy atom. The van der Waals surface area contributed by atoms with E-state index in [4.69, 9.17) is 0 Å². The van der Waals surface area contributed by atoms with E-state index in [0.29, 0.717) is 5.92 Å². The van der Waals surface area contributed by atoms with Gasteiger partial charge in [-0.1, -0.05) is 17.8 Å². The topological polar surface area (TPSA) is 46.8 Å². The zero-order valence-electron chi connectivity index (χ0n) is 13.5. The van der Waals surface area contributed by atoms with Crippen LogP contribution in [0.1, 0.15) is 54.9 Å². The summed E-state index contributed by atoms with van der Waals surface area (Å²) >= 11 is 1.53. The number of aryl methyl sites for hydroxylation is 2. The lowest BCUT2D eigenvalue weighted by atomic mass is 9.97. The van der Waals surface area contributed by atoms with E-state index in [1.807, 2.05) is 6.20 Å². The van der Waals surface area contributed by atoms with Gasteiger partial charge >= 0.3 is 0 Å². The minimum absolute atomic E-state index is 0.557. The molecule has 3 rings (SSSR count). The molecule has 0 bridgehead atoms. The average Bonchev–Trinajstić information content (AvgIpc) is 3.15. The summed E-state index contributed by atoms with van der Waals surface area (Å²) in [5.41, 5.74) is 1.08. The summed E-state index contributed by atoms with van der Waals surface area (Å²) in [5, 5.41) is 4.12. The van der Waals surface area contributed by atoms with E-state index in [1.165, 1.54) is 54.5 Å². The van der Waals surface area contributed by atoms with Gasteiger partial charge in [0.15, 0.2) is 0 Å². The lowest BCUT2D eigenvalue weighted by molar-refractivity contribution is 0.195. The Bertz CT molecular complexity index is 591. The van der Waals surface area contributed by atoms with Gasteiger partial charge in [0, 0.05) is 37.9 Å². The largest absolute Gasteiger partial charge is 0.335 e. The molecule has 1 aliphatic heterocycles. The van der Waals surface area contributed by atoms with Gasteiger partial charge in [-0.25, -0.2) is 4.98 Å². The molecule has 0 amide bonds. The Morgan fingerprint density at radius 2 is 2.32 bits per heavy atom. The summed E-state index contributed by atoms with van der Waals surface area (Å²) in [6.45, 7) is 8.64. The van der Waals surface area contributed by atoms with Gasteiger partial charge in [-0.05, 0) is 44.3 Å². The first-order chi connectivity index (χ1) is 10.8. The van der Waals surface area contributed by atoms with Gasteiger partial charge in [0.2, 0.25) is 0 Å². The summed E-state index contributed by atoms with van der Waals surface area (Å²) in [5.74, 6) is 1.83. The highest BCUT2D eigenvalue weighted by Gasteiger charge is 2.25. The van der Waals surface area contributed by atoms with Crippen LogP contribution in [0.4, 0.5) is 0 Å². The first kappa shape index (κ1) is 15.6. The molecule has 1 atom stereocenters. The molecule has 2 aromatic heterocycles. The smallest absolute Gasteiger partial charge is 0.113 e. The fourth-order valence-electron chi connectivity index (χ4n) is 3.21. The molecule has 0 N–H and O–H groups in total. The number of piperidine rings is 1. The number of aromatic nitrogens is 4. The van der Waals surface area contributed by atoms with Crippen LogP contribution in [0.5, 0.6) is 0 Å². The third kappa shape index (κ3) is 3.55. The van der Waals surface area contributed by atoms with Crippen LogP contribution in [0.25, 0.3) is 0 Å². The van der Waals surface area contributed by atoms with Crippen LogP contribution in [0, 0.1) is 6.92 Å². The molecular formula is C16H25N5S. The van der Waals surface area contributed by atoms with Crippen molar-refractivity contribution in [1.29, 1.82) is 0 Å². The van der Waals surface area contributed by atoms with Gasteiger partial charge in [0.1, 0.15) is 5.82 Å². The predicted octanol–water partition coefficient (Wildman–Crippen LogP) is 3.22. The fourth-order valence-corrected chi connectivity index (χ4v) is 3.88. The minimum Gasteiger partial charge on any atom is -0.335 e. The van der Waals surface area contributed by atoms with Gasteiger partial charge in [-0.3, -0.25) is 4.90 Å².